The van der Waals surface area contributed by atoms with Crippen molar-refractivity contribution in [2.45, 2.75) is 71.4 Å². The smallest absolute Gasteiger partial charge is 0.221 e. The second-order valence-electron chi connectivity index (χ2n) is 4.93. The fourth-order valence-corrected chi connectivity index (χ4v) is 1.83. The van der Waals surface area contributed by atoms with Crippen LogP contribution in [0.4, 0.5) is 0 Å². The second-order valence-corrected chi connectivity index (χ2v) is 4.93. The Morgan fingerprint density at radius 3 is 2.40 bits per heavy atom. The van der Waals surface area contributed by atoms with E-state index in [0.29, 0.717) is 6.42 Å². The van der Waals surface area contributed by atoms with Crippen LogP contribution in [0.2, 0.25) is 0 Å². The minimum Gasteiger partial charge on any atom is -0.351 e. The van der Waals surface area contributed by atoms with E-state index in [1.807, 2.05) is 0 Å². The monoisotopic (exact) mass is 214 g/mol. The molecule has 0 aromatic heterocycles. The van der Waals surface area contributed by atoms with Crippen LogP contribution in [0.15, 0.2) is 0 Å². The van der Waals surface area contributed by atoms with Gasteiger partial charge in [-0.15, -0.1) is 0 Å². The molecule has 15 heavy (non-hydrogen) atoms. The summed E-state index contributed by atoms with van der Waals surface area (Å²) in [5.41, 5.74) is 5.72. The number of amides is 1. The third kappa shape index (κ3) is 7.37. The Balaban J connectivity index is 3.91. The van der Waals surface area contributed by atoms with Crippen LogP contribution < -0.4 is 11.1 Å². The summed E-state index contributed by atoms with van der Waals surface area (Å²) in [6.45, 7) is 8.31. The highest BCUT2D eigenvalue weighted by Crippen LogP contribution is 2.11. The molecule has 0 aliphatic heterocycles. The van der Waals surface area contributed by atoms with Crippen LogP contribution in [0.3, 0.4) is 0 Å². The maximum Gasteiger partial charge on any atom is 0.221 e. The summed E-state index contributed by atoms with van der Waals surface area (Å²) in [6.07, 6.45) is 4.48. The lowest BCUT2D eigenvalue weighted by Gasteiger charge is -2.26. The molecule has 0 spiro atoms. The van der Waals surface area contributed by atoms with Crippen molar-refractivity contribution in [3.05, 3.63) is 0 Å². The number of carbonyl (C=O) groups is 1. The summed E-state index contributed by atoms with van der Waals surface area (Å²) in [4.78, 5) is 11.6. The highest BCUT2D eigenvalue weighted by atomic mass is 16.1. The first-order chi connectivity index (χ1) is 6.91. The molecule has 1 atom stereocenters. The zero-order valence-corrected chi connectivity index (χ0v) is 10.6. The van der Waals surface area contributed by atoms with Gasteiger partial charge in [0.2, 0.25) is 5.91 Å². The molecule has 90 valence electrons. The topological polar surface area (TPSA) is 55.1 Å². The quantitative estimate of drug-likeness (QED) is 0.682. The molecule has 3 heteroatoms. The van der Waals surface area contributed by atoms with Crippen molar-refractivity contribution in [3.63, 3.8) is 0 Å². The first-order valence-corrected chi connectivity index (χ1v) is 5.98. The fraction of sp³-hybridized carbons (Fsp3) is 0.917. The van der Waals surface area contributed by atoms with E-state index in [4.69, 9.17) is 5.73 Å². The molecule has 0 aliphatic carbocycles. The molecule has 0 fully saturated rings. The predicted molar refractivity (Wildman–Crippen MR) is 64.6 cm³/mol. The van der Waals surface area contributed by atoms with Crippen LogP contribution in [0.5, 0.6) is 0 Å². The van der Waals surface area contributed by atoms with Gasteiger partial charge in [-0.3, -0.25) is 4.79 Å². The molecule has 0 aromatic carbocycles. The van der Waals surface area contributed by atoms with Gasteiger partial charge in [0, 0.05) is 18.0 Å². The zero-order chi connectivity index (χ0) is 11.9. The Kier molecular flexibility index (Phi) is 6.57. The van der Waals surface area contributed by atoms with E-state index >= 15 is 0 Å². The highest BCUT2D eigenvalue weighted by molar-refractivity contribution is 5.77. The molecule has 1 amide bonds. The number of hydrogen-bond donors (Lipinski definition) is 2. The SMILES string of the molecule is CCCC(N)CC(=O)NC(C)(C)CCC. The van der Waals surface area contributed by atoms with Crippen molar-refractivity contribution in [2.24, 2.45) is 5.73 Å². The first-order valence-electron chi connectivity index (χ1n) is 5.98. The normalized spacial score (nSPS) is 13.7. The van der Waals surface area contributed by atoms with Crippen LogP contribution in [-0.4, -0.2) is 17.5 Å². The third-order valence-corrected chi connectivity index (χ3v) is 2.46. The third-order valence-electron chi connectivity index (χ3n) is 2.46. The van der Waals surface area contributed by atoms with E-state index in [-0.39, 0.29) is 17.5 Å². The Hall–Kier alpha value is -0.570. The van der Waals surface area contributed by atoms with Crippen molar-refractivity contribution in [3.8, 4) is 0 Å². The molecule has 3 nitrogen and oxygen atoms in total. The molecular formula is C12H26N2O. The van der Waals surface area contributed by atoms with Crippen LogP contribution >= 0.6 is 0 Å². The predicted octanol–water partition coefficient (Wildman–Crippen LogP) is 2.20. The lowest BCUT2D eigenvalue weighted by Crippen LogP contribution is -2.45. The van der Waals surface area contributed by atoms with Gasteiger partial charge in [-0.2, -0.15) is 0 Å². The minimum atomic E-state index is -0.0994. The summed E-state index contributed by atoms with van der Waals surface area (Å²) in [7, 11) is 0. The van der Waals surface area contributed by atoms with Gasteiger partial charge in [-0.05, 0) is 26.7 Å². The fourth-order valence-electron chi connectivity index (χ4n) is 1.83. The summed E-state index contributed by atoms with van der Waals surface area (Å²) < 4.78 is 0. The van der Waals surface area contributed by atoms with Gasteiger partial charge in [0.25, 0.3) is 0 Å². The van der Waals surface area contributed by atoms with Gasteiger partial charge in [0.15, 0.2) is 0 Å². The van der Waals surface area contributed by atoms with Crippen LogP contribution in [0.25, 0.3) is 0 Å². The Labute approximate surface area is 93.8 Å². The second kappa shape index (κ2) is 6.83. The van der Waals surface area contributed by atoms with E-state index < -0.39 is 0 Å². The van der Waals surface area contributed by atoms with E-state index in [0.717, 1.165) is 25.7 Å². The maximum absolute atomic E-state index is 11.6. The summed E-state index contributed by atoms with van der Waals surface area (Å²) >= 11 is 0. The van der Waals surface area contributed by atoms with E-state index in [2.05, 4.69) is 33.0 Å². The molecule has 3 N–H and O–H groups in total. The summed E-state index contributed by atoms with van der Waals surface area (Å²) in [5, 5.41) is 3.03. The summed E-state index contributed by atoms with van der Waals surface area (Å²) in [6, 6.07) is 0.00688. The average Bonchev–Trinajstić information content (AvgIpc) is 2.01. The molecule has 0 aromatic rings. The van der Waals surface area contributed by atoms with Crippen molar-refractivity contribution in [1.29, 1.82) is 0 Å². The first kappa shape index (κ1) is 14.4. The molecule has 1 unspecified atom stereocenters. The van der Waals surface area contributed by atoms with Gasteiger partial charge in [-0.25, -0.2) is 0 Å². The molecule has 0 saturated heterocycles. The standard InChI is InChI=1S/C12H26N2O/c1-5-7-10(13)9-11(15)14-12(3,4)8-6-2/h10H,5-9,13H2,1-4H3,(H,14,15). The van der Waals surface area contributed by atoms with Crippen LogP contribution in [0, 0.1) is 0 Å². The molecule has 0 rings (SSSR count). The van der Waals surface area contributed by atoms with Crippen LogP contribution in [-0.2, 0) is 4.79 Å². The molecule has 0 bridgehead atoms. The lowest BCUT2D eigenvalue weighted by molar-refractivity contribution is -0.123. The van der Waals surface area contributed by atoms with Crippen molar-refractivity contribution < 1.29 is 4.79 Å². The number of nitrogens with one attached hydrogen (secondary N) is 1. The molecule has 0 aliphatic rings. The molecular weight excluding hydrogens is 188 g/mol. The Morgan fingerprint density at radius 2 is 1.93 bits per heavy atom. The van der Waals surface area contributed by atoms with Gasteiger partial charge < -0.3 is 11.1 Å². The lowest BCUT2D eigenvalue weighted by atomic mass is 9.98. The van der Waals surface area contributed by atoms with E-state index in [9.17, 15) is 4.79 Å². The number of rotatable bonds is 7. The largest absolute Gasteiger partial charge is 0.351 e. The average molecular weight is 214 g/mol. The zero-order valence-electron chi connectivity index (χ0n) is 10.6. The maximum atomic E-state index is 11.6. The van der Waals surface area contributed by atoms with Gasteiger partial charge in [-0.1, -0.05) is 26.7 Å². The summed E-state index contributed by atoms with van der Waals surface area (Å²) in [5.74, 6) is 0.0781. The highest BCUT2D eigenvalue weighted by Gasteiger charge is 2.19. The van der Waals surface area contributed by atoms with Gasteiger partial charge >= 0.3 is 0 Å². The number of nitrogens with two attached hydrogens (primary N) is 1. The molecule has 0 radical (unpaired) electrons. The van der Waals surface area contributed by atoms with Gasteiger partial charge in [0.05, 0.1) is 0 Å². The Morgan fingerprint density at radius 1 is 1.33 bits per heavy atom. The Bertz CT molecular complexity index is 190. The minimum absolute atomic E-state index is 0.00688. The molecule has 0 heterocycles. The molecule has 0 saturated carbocycles. The van der Waals surface area contributed by atoms with Crippen LogP contribution in [0.1, 0.15) is 59.8 Å². The van der Waals surface area contributed by atoms with Crippen molar-refractivity contribution in [2.75, 3.05) is 0 Å². The van der Waals surface area contributed by atoms with E-state index in [1.165, 1.54) is 0 Å². The number of hydrogen-bond acceptors (Lipinski definition) is 2. The van der Waals surface area contributed by atoms with E-state index in [1.54, 1.807) is 0 Å². The van der Waals surface area contributed by atoms with Gasteiger partial charge in [0.1, 0.15) is 0 Å². The van der Waals surface area contributed by atoms with Crippen molar-refractivity contribution >= 4 is 5.91 Å². The number of carbonyl (C=O) groups excluding carboxylic acids is 1. The van der Waals surface area contributed by atoms with Crippen molar-refractivity contribution in [1.82, 2.24) is 5.32 Å².